The van der Waals surface area contributed by atoms with Gasteiger partial charge in [0, 0.05) is 28.1 Å². The van der Waals surface area contributed by atoms with Crippen LogP contribution in [0.15, 0.2) is 54.6 Å². The van der Waals surface area contributed by atoms with Gasteiger partial charge in [0.1, 0.15) is 9.71 Å². The van der Waals surface area contributed by atoms with E-state index in [4.69, 9.17) is 20.2 Å². The zero-order chi connectivity index (χ0) is 23.7. The Kier molecular flexibility index (Phi) is 6.11. The van der Waals surface area contributed by atoms with Crippen molar-refractivity contribution in [3.63, 3.8) is 0 Å². The number of aromatic nitrogens is 1. The van der Waals surface area contributed by atoms with Crippen molar-refractivity contribution in [1.29, 1.82) is 0 Å². The van der Waals surface area contributed by atoms with Gasteiger partial charge in [0.05, 0.1) is 25.6 Å². The highest BCUT2D eigenvalue weighted by atomic mass is 32.1. The van der Waals surface area contributed by atoms with E-state index < -0.39 is 0 Å². The molecule has 1 aliphatic rings. The molecule has 0 radical (unpaired) electrons. The van der Waals surface area contributed by atoms with Gasteiger partial charge in [-0.3, -0.25) is 4.79 Å². The number of nitrogens with zero attached hydrogens (tertiary/aromatic N) is 1. The normalized spacial score (nSPS) is 13.8. The van der Waals surface area contributed by atoms with Crippen molar-refractivity contribution < 1.29 is 14.3 Å². The minimum absolute atomic E-state index is 0.128. The van der Waals surface area contributed by atoms with Crippen LogP contribution in [0.3, 0.4) is 0 Å². The van der Waals surface area contributed by atoms with Crippen molar-refractivity contribution in [3.05, 3.63) is 59.5 Å². The van der Waals surface area contributed by atoms with E-state index in [9.17, 15) is 4.79 Å². The Labute approximate surface area is 202 Å². The van der Waals surface area contributed by atoms with Gasteiger partial charge in [0.25, 0.3) is 5.91 Å². The molecule has 2 heterocycles. The molecule has 2 aromatic carbocycles. The summed E-state index contributed by atoms with van der Waals surface area (Å²) in [4.78, 5) is 19.3. The Bertz CT molecular complexity index is 1340. The van der Waals surface area contributed by atoms with Crippen LogP contribution in [0.25, 0.3) is 32.6 Å². The zero-order valence-corrected chi connectivity index (χ0v) is 20.1. The molecule has 1 aliphatic carbocycles. The van der Waals surface area contributed by atoms with Crippen LogP contribution in [0.1, 0.15) is 35.4 Å². The number of para-hydroxylation sites is 1. The summed E-state index contributed by atoms with van der Waals surface area (Å²) in [6.45, 7) is 0. The monoisotopic (exact) mass is 473 g/mol. The van der Waals surface area contributed by atoms with E-state index in [1.165, 1.54) is 11.3 Å². The van der Waals surface area contributed by atoms with Crippen molar-refractivity contribution in [2.45, 2.75) is 31.7 Å². The number of carbonyl (C=O) groups excluding carboxylic acids is 1. The van der Waals surface area contributed by atoms with Gasteiger partial charge in [-0.1, -0.05) is 55.3 Å². The molecule has 5 rings (SSSR count). The number of ether oxygens (including phenoxy) is 2. The summed E-state index contributed by atoms with van der Waals surface area (Å²) in [5.74, 6) is 1.11. The molecule has 0 spiro atoms. The van der Waals surface area contributed by atoms with E-state index in [-0.39, 0.29) is 11.9 Å². The molecule has 1 amide bonds. The largest absolute Gasteiger partial charge is 0.493 e. The predicted molar refractivity (Wildman–Crippen MR) is 138 cm³/mol. The molecule has 0 atom stereocenters. The summed E-state index contributed by atoms with van der Waals surface area (Å²) in [5, 5.41) is 3.92. The molecule has 0 bridgehead atoms. The summed E-state index contributed by atoms with van der Waals surface area (Å²) < 4.78 is 11.3. The Morgan fingerprint density at radius 1 is 1.03 bits per heavy atom. The van der Waals surface area contributed by atoms with Crippen LogP contribution < -0.4 is 20.5 Å². The van der Waals surface area contributed by atoms with E-state index in [2.05, 4.69) is 5.32 Å². The van der Waals surface area contributed by atoms with Gasteiger partial charge in [-0.05, 0) is 25.0 Å². The van der Waals surface area contributed by atoms with Crippen LogP contribution in [0.4, 0.5) is 5.69 Å². The third-order valence-electron chi connectivity index (χ3n) is 6.36. The average Bonchev–Trinajstić information content (AvgIpc) is 3.51. The number of pyridine rings is 1. The summed E-state index contributed by atoms with van der Waals surface area (Å²) in [5.41, 5.74) is 10.6. The summed E-state index contributed by atoms with van der Waals surface area (Å²) in [6, 6.07) is 17.9. The Morgan fingerprint density at radius 3 is 2.50 bits per heavy atom. The number of carbonyl (C=O) groups is 1. The first-order valence-electron chi connectivity index (χ1n) is 11.4. The number of fused-ring (bicyclic) bond motifs is 1. The molecule has 3 N–H and O–H groups in total. The minimum Gasteiger partial charge on any atom is -0.493 e. The molecule has 1 saturated carbocycles. The minimum atomic E-state index is -0.128. The number of anilines is 1. The fourth-order valence-electron chi connectivity index (χ4n) is 4.68. The number of nitrogens with one attached hydrogen (secondary N) is 1. The second-order valence-corrected chi connectivity index (χ2v) is 9.44. The molecule has 34 heavy (non-hydrogen) atoms. The molecule has 7 heteroatoms. The molecule has 1 fully saturated rings. The number of amides is 1. The smallest absolute Gasteiger partial charge is 0.263 e. The van der Waals surface area contributed by atoms with Gasteiger partial charge in [-0.15, -0.1) is 11.3 Å². The maximum Gasteiger partial charge on any atom is 0.263 e. The van der Waals surface area contributed by atoms with Crippen molar-refractivity contribution in [2.24, 2.45) is 0 Å². The van der Waals surface area contributed by atoms with Crippen LogP contribution in [0, 0.1) is 0 Å². The van der Waals surface area contributed by atoms with Crippen LogP contribution in [-0.2, 0) is 0 Å². The van der Waals surface area contributed by atoms with Crippen LogP contribution in [0.5, 0.6) is 11.5 Å². The lowest BCUT2D eigenvalue weighted by molar-refractivity contribution is 0.0943. The van der Waals surface area contributed by atoms with E-state index in [1.54, 1.807) is 14.2 Å². The van der Waals surface area contributed by atoms with E-state index in [1.807, 2.05) is 54.6 Å². The first-order valence-corrected chi connectivity index (χ1v) is 12.2. The summed E-state index contributed by atoms with van der Waals surface area (Å²) >= 11 is 1.34. The van der Waals surface area contributed by atoms with Crippen molar-refractivity contribution in [2.75, 3.05) is 20.0 Å². The van der Waals surface area contributed by atoms with E-state index in [0.717, 1.165) is 58.3 Å². The summed E-state index contributed by atoms with van der Waals surface area (Å²) in [7, 11) is 3.24. The standard InChI is InChI=1S/C27H27N3O3S/c1-32-21-14-8-13-18(24(21)33-2)19-15-20(16-9-4-3-5-10-16)30-27-22(19)23(28)25(34-27)26(31)29-17-11-6-7-12-17/h3-5,8-10,13-15,17H,6-7,11-12,28H2,1-2H3,(H,29,31). The van der Waals surface area contributed by atoms with Crippen LogP contribution in [0.2, 0.25) is 0 Å². The van der Waals surface area contributed by atoms with Crippen LogP contribution in [-0.4, -0.2) is 31.2 Å². The predicted octanol–water partition coefficient (Wildman–Crippen LogP) is 5.90. The lowest BCUT2D eigenvalue weighted by atomic mass is 9.98. The molecule has 174 valence electrons. The van der Waals surface area contributed by atoms with Gasteiger partial charge in [-0.25, -0.2) is 4.98 Å². The van der Waals surface area contributed by atoms with E-state index >= 15 is 0 Å². The molecule has 2 aromatic heterocycles. The fourth-order valence-corrected chi connectivity index (χ4v) is 5.70. The number of nitrogens with two attached hydrogens (primary N) is 1. The summed E-state index contributed by atoms with van der Waals surface area (Å²) in [6.07, 6.45) is 4.32. The number of nitrogen functional groups attached to an aromatic ring is 1. The molecule has 0 saturated heterocycles. The number of rotatable bonds is 6. The first kappa shape index (κ1) is 22.2. The lowest BCUT2D eigenvalue weighted by Crippen LogP contribution is -2.32. The van der Waals surface area contributed by atoms with Gasteiger partial charge in [0.15, 0.2) is 11.5 Å². The Hall–Kier alpha value is -3.58. The van der Waals surface area contributed by atoms with Crippen molar-refractivity contribution >= 4 is 33.1 Å². The second-order valence-electron chi connectivity index (χ2n) is 8.44. The Morgan fingerprint density at radius 2 is 1.79 bits per heavy atom. The van der Waals surface area contributed by atoms with Crippen molar-refractivity contribution in [3.8, 4) is 33.9 Å². The maximum absolute atomic E-state index is 13.2. The number of benzene rings is 2. The Balaban J connectivity index is 1.73. The SMILES string of the molecule is COc1cccc(-c2cc(-c3ccccc3)nc3sc(C(=O)NC4CCCC4)c(N)c23)c1OC. The average molecular weight is 474 g/mol. The fraction of sp³-hybridized carbons (Fsp3) is 0.259. The molecular formula is C27H27N3O3S. The highest BCUT2D eigenvalue weighted by Gasteiger charge is 2.25. The highest BCUT2D eigenvalue weighted by molar-refractivity contribution is 7.21. The molecule has 4 aromatic rings. The molecule has 0 aliphatic heterocycles. The number of hydrogen-bond acceptors (Lipinski definition) is 6. The zero-order valence-electron chi connectivity index (χ0n) is 19.3. The third-order valence-corrected chi connectivity index (χ3v) is 7.46. The van der Waals surface area contributed by atoms with Gasteiger partial charge < -0.3 is 20.5 Å². The molecule has 6 nitrogen and oxygen atoms in total. The number of thiophene rings is 1. The topological polar surface area (TPSA) is 86.5 Å². The molecule has 0 unspecified atom stereocenters. The van der Waals surface area contributed by atoms with E-state index in [0.29, 0.717) is 22.1 Å². The quantitative estimate of drug-likeness (QED) is 0.364. The van der Waals surface area contributed by atoms with Gasteiger partial charge >= 0.3 is 0 Å². The van der Waals surface area contributed by atoms with Crippen LogP contribution >= 0.6 is 11.3 Å². The number of hydrogen-bond donors (Lipinski definition) is 2. The highest BCUT2D eigenvalue weighted by Crippen LogP contribution is 2.46. The first-order chi connectivity index (χ1) is 16.6. The lowest BCUT2D eigenvalue weighted by Gasteiger charge is -2.15. The maximum atomic E-state index is 13.2. The van der Waals surface area contributed by atoms with Crippen molar-refractivity contribution in [1.82, 2.24) is 10.3 Å². The second kappa shape index (κ2) is 9.35. The van der Waals surface area contributed by atoms with Gasteiger partial charge in [-0.2, -0.15) is 0 Å². The number of methoxy groups -OCH3 is 2. The third kappa shape index (κ3) is 3.96. The molecular weight excluding hydrogens is 446 g/mol. The van der Waals surface area contributed by atoms with Gasteiger partial charge in [0.2, 0.25) is 0 Å².